The number of aryl methyl sites for hydroxylation is 1. The van der Waals surface area contributed by atoms with E-state index in [1.807, 2.05) is 0 Å². The van der Waals surface area contributed by atoms with Gasteiger partial charge in [0.2, 0.25) is 0 Å². The summed E-state index contributed by atoms with van der Waals surface area (Å²) < 4.78 is 0.818. The number of aromatic nitrogens is 2. The van der Waals surface area contributed by atoms with Crippen LogP contribution in [0.4, 0.5) is 0 Å². The lowest BCUT2D eigenvalue weighted by Crippen LogP contribution is -2.01. The number of allylic oxidation sites excluding steroid dienone is 3. The Balaban J connectivity index is 2.38. The molecular weight excluding hydrogens is 266 g/mol. The van der Waals surface area contributed by atoms with Gasteiger partial charge in [0.15, 0.2) is 0 Å². The molecule has 4 heteroatoms. The van der Waals surface area contributed by atoms with E-state index >= 15 is 0 Å². The zero-order chi connectivity index (χ0) is 11.5. The van der Waals surface area contributed by atoms with Gasteiger partial charge in [0.25, 0.3) is 0 Å². The second-order valence-corrected chi connectivity index (χ2v) is 4.91. The molecule has 1 aliphatic carbocycles. The van der Waals surface area contributed by atoms with Gasteiger partial charge < -0.3 is 5.73 Å². The average Bonchev–Trinajstić information content (AvgIpc) is 2.62. The predicted octanol–water partition coefficient (Wildman–Crippen LogP) is 3.14. The second-order valence-electron chi connectivity index (χ2n) is 4.16. The summed E-state index contributed by atoms with van der Waals surface area (Å²) in [5.74, 6) is 0. The number of H-pyrrole nitrogens is 1. The van der Waals surface area contributed by atoms with Crippen LogP contribution in [0.15, 0.2) is 22.3 Å². The largest absolute Gasteiger partial charge is 0.398 e. The Kier molecular flexibility index (Phi) is 3.49. The minimum absolute atomic E-state index is 0.818. The lowest BCUT2D eigenvalue weighted by atomic mass is 10.0. The van der Waals surface area contributed by atoms with E-state index in [4.69, 9.17) is 5.73 Å². The molecule has 0 bridgehead atoms. The van der Waals surface area contributed by atoms with Gasteiger partial charge in [-0.15, -0.1) is 0 Å². The molecule has 1 heterocycles. The summed E-state index contributed by atoms with van der Waals surface area (Å²) in [6, 6.07) is 0. The van der Waals surface area contributed by atoms with E-state index < -0.39 is 0 Å². The Bertz CT molecular complexity index is 443. The van der Waals surface area contributed by atoms with Crippen molar-refractivity contribution in [3.63, 3.8) is 0 Å². The molecule has 1 aliphatic rings. The van der Waals surface area contributed by atoms with Gasteiger partial charge in [0.05, 0.1) is 5.56 Å². The van der Waals surface area contributed by atoms with Gasteiger partial charge in [-0.25, -0.2) is 0 Å². The molecule has 86 valence electrons. The summed E-state index contributed by atoms with van der Waals surface area (Å²) in [7, 11) is 0. The highest BCUT2D eigenvalue weighted by molar-refractivity contribution is 9.10. The van der Waals surface area contributed by atoms with E-state index in [1.54, 1.807) is 0 Å². The molecule has 0 amide bonds. The van der Waals surface area contributed by atoms with Crippen molar-refractivity contribution in [1.29, 1.82) is 0 Å². The topological polar surface area (TPSA) is 54.7 Å². The first-order valence-electron chi connectivity index (χ1n) is 5.53. The number of rotatable bonds is 0. The average molecular weight is 282 g/mol. The van der Waals surface area contributed by atoms with Crippen LogP contribution < -0.4 is 5.73 Å². The Morgan fingerprint density at radius 3 is 2.88 bits per heavy atom. The van der Waals surface area contributed by atoms with E-state index in [2.05, 4.69) is 45.2 Å². The predicted molar refractivity (Wildman–Crippen MR) is 69.8 cm³/mol. The van der Waals surface area contributed by atoms with E-state index in [0.29, 0.717) is 0 Å². The molecule has 3 N–H and O–H groups in total. The Morgan fingerprint density at radius 1 is 1.31 bits per heavy atom. The zero-order valence-corrected chi connectivity index (χ0v) is 11.0. The summed E-state index contributed by atoms with van der Waals surface area (Å²) in [6.45, 7) is 2.18. The van der Waals surface area contributed by atoms with Gasteiger partial charge in [-0.3, -0.25) is 5.10 Å². The molecule has 0 aromatic carbocycles. The molecule has 0 atom stereocenters. The van der Waals surface area contributed by atoms with E-state index in [1.165, 1.54) is 5.57 Å². The van der Waals surface area contributed by atoms with Gasteiger partial charge in [0, 0.05) is 11.4 Å². The van der Waals surface area contributed by atoms with Crippen molar-refractivity contribution in [1.82, 2.24) is 10.2 Å². The number of nitrogens with one attached hydrogen (secondary N) is 1. The van der Waals surface area contributed by atoms with Crippen LogP contribution in [0.25, 0.3) is 5.70 Å². The number of nitrogens with two attached hydrogens (primary N) is 1. The fraction of sp³-hybridized carbons (Fsp3) is 0.417. The van der Waals surface area contributed by atoms with Crippen molar-refractivity contribution in [2.45, 2.75) is 32.6 Å². The number of halogens is 1. The quantitative estimate of drug-likeness (QED) is 0.718. The fourth-order valence-electron chi connectivity index (χ4n) is 1.92. The highest BCUT2D eigenvalue weighted by Gasteiger charge is 2.13. The minimum Gasteiger partial charge on any atom is -0.398 e. The van der Waals surface area contributed by atoms with E-state index in [0.717, 1.165) is 47.2 Å². The van der Waals surface area contributed by atoms with Crippen molar-refractivity contribution < 1.29 is 0 Å². The molecule has 2 rings (SSSR count). The number of nitrogens with zero attached hydrogens (tertiary/aromatic N) is 1. The van der Waals surface area contributed by atoms with Crippen LogP contribution >= 0.6 is 15.9 Å². The summed E-state index contributed by atoms with van der Waals surface area (Å²) >= 11 is 3.43. The smallest absolute Gasteiger partial charge is 0.137 e. The van der Waals surface area contributed by atoms with Crippen molar-refractivity contribution in [3.05, 3.63) is 33.6 Å². The van der Waals surface area contributed by atoms with Gasteiger partial charge in [-0.05, 0) is 48.5 Å². The first-order valence-corrected chi connectivity index (χ1v) is 6.32. The monoisotopic (exact) mass is 281 g/mol. The second kappa shape index (κ2) is 4.87. The molecule has 0 saturated heterocycles. The maximum Gasteiger partial charge on any atom is 0.137 e. The first kappa shape index (κ1) is 11.5. The maximum atomic E-state index is 6.07. The van der Waals surface area contributed by atoms with Crippen LogP contribution in [0.5, 0.6) is 0 Å². The lowest BCUT2D eigenvalue weighted by Gasteiger charge is -2.07. The van der Waals surface area contributed by atoms with E-state index in [-0.39, 0.29) is 0 Å². The number of hydrogen-bond acceptors (Lipinski definition) is 2. The molecule has 0 radical (unpaired) electrons. The SMILES string of the molecule is C/C1=C\CC/C=C(/N)c2c(Br)n[nH]c2CC1. The van der Waals surface area contributed by atoms with Crippen LogP contribution in [0.2, 0.25) is 0 Å². The van der Waals surface area contributed by atoms with Gasteiger partial charge in [0.1, 0.15) is 4.60 Å². The molecular formula is C12H16BrN3. The Morgan fingerprint density at radius 2 is 2.06 bits per heavy atom. The van der Waals surface area contributed by atoms with E-state index in [9.17, 15) is 0 Å². The number of aromatic amines is 1. The summed E-state index contributed by atoms with van der Waals surface area (Å²) in [6.07, 6.45) is 8.45. The minimum atomic E-state index is 0.818. The number of fused-ring (bicyclic) bond motifs is 1. The zero-order valence-electron chi connectivity index (χ0n) is 9.39. The third-order valence-corrected chi connectivity index (χ3v) is 3.45. The number of hydrogen-bond donors (Lipinski definition) is 2. The molecule has 0 spiro atoms. The first-order chi connectivity index (χ1) is 7.68. The summed E-state index contributed by atoms with van der Waals surface area (Å²) in [5, 5.41) is 7.22. The molecule has 0 saturated carbocycles. The third kappa shape index (κ3) is 2.38. The normalized spacial score (nSPS) is 23.9. The van der Waals surface area contributed by atoms with Gasteiger partial charge >= 0.3 is 0 Å². The van der Waals surface area contributed by atoms with Gasteiger partial charge in [-0.1, -0.05) is 17.7 Å². The molecule has 3 nitrogen and oxygen atoms in total. The lowest BCUT2D eigenvalue weighted by molar-refractivity contribution is 0.865. The molecule has 0 unspecified atom stereocenters. The third-order valence-electron chi connectivity index (χ3n) is 2.88. The highest BCUT2D eigenvalue weighted by Crippen LogP contribution is 2.26. The molecule has 1 aromatic heterocycles. The van der Waals surface area contributed by atoms with Crippen molar-refractivity contribution in [2.24, 2.45) is 5.73 Å². The fourth-order valence-corrected chi connectivity index (χ4v) is 2.48. The Hall–Kier alpha value is -1.03. The van der Waals surface area contributed by atoms with Crippen molar-refractivity contribution in [2.75, 3.05) is 0 Å². The van der Waals surface area contributed by atoms with Crippen LogP contribution in [0, 0.1) is 0 Å². The molecule has 0 fully saturated rings. The molecule has 16 heavy (non-hydrogen) atoms. The molecule has 0 aliphatic heterocycles. The highest BCUT2D eigenvalue weighted by atomic mass is 79.9. The summed E-state index contributed by atoms with van der Waals surface area (Å²) in [5.41, 5.74) is 10.5. The molecule has 1 aromatic rings. The summed E-state index contributed by atoms with van der Waals surface area (Å²) in [4.78, 5) is 0. The van der Waals surface area contributed by atoms with Crippen molar-refractivity contribution in [3.8, 4) is 0 Å². The van der Waals surface area contributed by atoms with Crippen molar-refractivity contribution >= 4 is 21.6 Å². The van der Waals surface area contributed by atoms with Gasteiger partial charge in [-0.2, -0.15) is 5.10 Å². The maximum absolute atomic E-state index is 6.07. The Labute approximate surface area is 104 Å². The van der Waals surface area contributed by atoms with Crippen LogP contribution in [-0.4, -0.2) is 10.2 Å². The van der Waals surface area contributed by atoms with Crippen LogP contribution in [-0.2, 0) is 6.42 Å². The van der Waals surface area contributed by atoms with Crippen LogP contribution in [0.3, 0.4) is 0 Å². The van der Waals surface area contributed by atoms with Crippen LogP contribution in [0.1, 0.15) is 37.4 Å². The standard InChI is InChI=1S/C12H16BrN3/c1-8-4-2-3-5-9(14)11-10(7-6-8)15-16-12(11)13/h4-5H,2-3,6-7,14H2,1H3,(H,15,16)/b8-4+,9-5+.